The van der Waals surface area contributed by atoms with E-state index in [1.54, 1.807) is 18.2 Å². The Hall–Kier alpha value is -1.27. The fourth-order valence-corrected chi connectivity index (χ4v) is 2.72. The van der Waals surface area contributed by atoms with Crippen molar-refractivity contribution in [1.29, 1.82) is 0 Å². The Bertz CT molecular complexity index is 476. The van der Waals surface area contributed by atoms with E-state index in [2.05, 4.69) is 10.6 Å². The first-order chi connectivity index (χ1) is 10.5. The minimum atomic E-state index is -4.43. The molecular weight excluding hydrogens is 329 g/mol. The van der Waals surface area contributed by atoms with Gasteiger partial charge in [-0.2, -0.15) is 13.2 Å². The molecule has 1 amide bonds. The first-order valence-electron chi connectivity index (χ1n) is 7.56. The summed E-state index contributed by atoms with van der Waals surface area (Å²) in [6.45, 7) is 2.21. The lowest BCUT2D eigenvalue weighted by Gasteiger charge is -2.24. The van der Waals surface area contributed by atoms with Crippen molar-refractivity contribution in [2.75, 3.05) is 19.6 Å². The van der Waals surface area contributed by atoms with Crippen molar-refractivity contribution in [3.8, 4) is 0 Å². The Balaban J connectivity index is 0.00000264. The molecule has 130 valence electrons. The molecule has 23 heavy (non-hydrogen) atoms. The predicted octanol–water partition coefficient (Wildman–Crippen LogP) is 3.26. The van der Waals surface area contributed by atoms with Crippen LogP contribution < -0.4 is 10.6 Å². The number of benzene rings is 1. The van der Waals surface area contributed by atoms with Gasteiger partial charge in [-0.3, -0.25) is 4.79 Å². The largest absolute Gasteiger partial charge is 0.396 e. The summed E-state index contributed by atoms with van der Waals surface area (Å²) in [4.78, 5) is 11.9. The van der Waals surface area contributed by atoms with Crippen LogP contribution in [0.3, 0.4) is 0 Å². The number of carbonyl (C=O) groups is 1. The van der Waals surface area contributed by atoms with Crippen LogP contribution in [0.1, 0.15) is 30.7 Å². The SMILES string of the molecule is Cl.O=C(CC(c1ccccc1)C(F)(F)F)NCC1CCCNC1. The maximum atomic E-state index is 13.2. The van der Waals surface area contributed by atoms with Gasteiger partial charge in [-0.05, 0) is 37.4 Å². The van der Waals surface area contributed by atoms with Gasteiger partial charge in [0, 0.05) is 13.0 Å². The van der Waals surface area contributed by atoms with E-state index in [1.807, 2.05) is 0 Å². The average molecular weight is 351 g/mol. The normalized spacial score (nSPS) is 19.5. The quantitative estimate of drug-likeness (QED) is 0.855. The molecule has 1 aliphatic rings. The molecule has 2 atom stereocenters. The van der Waals surface area contributed by atoms with Crippen LogP contribution in [0, 0.1) is 5.92 Å². The fraction of sp³-hybridized carbons (Fsp3) is 0.562. The van der Waals surface area contributed by atoms with Gasteiger partial charge in [0.2, 0.25) is 5.91 Å². The maximum Gasteiger partial charge on any atom is 0.396 e. The van der Waals surface area contributed by atoms with E-state index in [0.29, 0.717) is 12.5 Å². The second kappa shape index (κ2) is 9.13. The zero-order valence-electron chi connectivity index (χ0n) is 12.7. The fourth-order valence-electron chi connectivity index (χ4n) is 2.72. The standard InChI is InChI=1S/C16H21F3N2O.ClH/c17-16(18,19)14(13-6-2-1-3-7-13)9-15(22)21-11-12-5-4-8-20-10-12;/h1-3,6-7,12,14,20H,4-5,8-11H2,(H,21,22);1H. The smallest absolute Gasteiger partial charge is 0.356 e. The second-order valence-corrected chi connectivity index (χ2v) is 5.73. The Morgan fingerprint density at radius 3 is 2.57 bits per heavy atom. The van der Waals surface area contributed by atoms with E-state index in [-0.39, 0.29) is 18.0 Å². The molecule has 1 saturated heterocycles. The highest BCUT2D eigenvalue weighted by Crippen LogP contribution is 2.37. The molecule has 2 rings (SSSR count). The number of halogens is 4. The first-order valence-corrected chi connectivity index (χ1v) is 7.56. The number of amides is 1. The molecule has 0 radical (unpaired) electrons. The summed E-state index contributed by atoms with van der Waals surface area (Å²) in [7, 11) is 0. The van der Waals surface area contributed by atoms with Gasteiger partial charge in [0.15, 0.2) is 0 Å². The first kappa shape index (κ1) is 19.8. The zero-order chi connectivity index (χ0) is 16.0. The minimum absolute atomic E-state index is 0. The predicted molar refractivity (Wildman–Crippen MR) is 85.7 cm³/mol. The molecule has 0 spiro atoms. The molecule has 1 aromatic carbocycles. The van der Waals surface area contributed by atoms with Gasteiger partial charge in [-0.15, -0.1) is 12.4 Å². The molecule has 1 aromatic rings. The number of nitrogens with one attached hydrogen (secondary N) is 2. The number of rotatable bonds is 5. The number of alkyl halides is 3. The lowest BCUT2D eigenvalue weighted by atomic mass is 9.94. The Kier molecular flexibility index (Phi) is 7.85. The van der Waals surface area contributed by atoms with Gasteiger partial charge in [0.05, 0.1) is 5.92 Å². The van der Waals surface area contributed by atoms with E-state index in [0.717, 1.165) is 25.9 Å². The Morgan fingerprint density at radius 2 is 2.00 bits per heavy atom. The number of hydrogen-bond acceptors (Lipinski definition) is 2. The van der Waals surface area contributed by atoms with Crippen LogP contribution in [0.25, 0.3) is 0 Å². The highest BCUT2D eigenvalue weighted by atomic mass is 35.5. The average Bonchev–Trinajstić information content (AvgIpc) is 2.51. The van der Waals surface area contributed by atoms with E-state index < -0.39 is 24.4 Å². The molecule has 0 aromatic heterocycles. The van der Waals surface area contributed by atoms with E-state index in [1.165, 1.54) is 12.1 Å². The summed E-state index contributed by atoms with van der Waals surface area (Å²) in [6.07, 6.45) is -2.96. The molecule has 1 aliphatic heterocycles. The highest BCUT2D eigenvalue weighted by Gasteiger charge is 2.41. The molecular formula is C16H22ClF3N2O. The van der Waals surface area contributed by atoms with E-state index >= 15 is 0 Å². The summed E-state index contributed by atoms with van der Waals surface area (Å²) in [5.41, 5.74) is 0.129. The molecule has 7 heteroatoms. The van der Waals surface area contributed by atoms with Crippen LogP contribution in [-0.2, 0) is 4.79 Å². The summed E-state index contributed by atoms with van der Waals surface area (Å²) >= 11 is 0. The summed E-state index contributed by atoms with van der Waals surface area (Å²) in [5, 5.41) is 5.86. The maximum absolute atomic E-state index is 13.2. The third kappa shape index (κ3) is 6.39. The van der Waals surface area contributed by atoms with Crippen LogP contribution in [-0.4, -0.2) is 31.7 Å². The van der Waals surface area contributed by atoms with Crippen molar-refractivity contribution < 1.29 is 18.0 Å². The van der Waals surface area contributed by atoms with Crippen molar-refractivity contribution in [2.45, 2.75) is 31.4 Å². The zero-order valence-corrected chi connectivity index (χ0v) is 13.6. The number of piperidine rings is 1. The molecule has 0 bridgehead atoms. The Labute approximate surface area is 140 Å². The summed E-state index contributed by atoms with van der Waals surface area (Å²) in [6, 6.07) is 7.60. The van der Waals surface area contributed by atoms with Crippen molar-refractivity contribution in [2.24, 2.45) is 5.92 Å². The van der Waals surface area contributed by atoms with Crippen molar-refractivity contribution in [1.82, 2.24) is 10.6 Å². The van der Waals surface area contributed by atoms with Crippen LogP contribution in [0.15, 0.2) is 30.3 Å². The van der Waals surface area contributed by atoms with Gasteiger partial charge < -0.3 is 10.6 Å². The lowest BCUT2D eigenvalue weighted by molar-refractivity contribution is -0.157. The van der Waals surface area contributed by atoms with E-state index in [9.17, 15) is 18.0 Å². The van der Waals surface area contributed by atoms with Crippen LogP contribution in [0.2, 0.25) is 0 Å². The van der Waals surface area contributed by atoms with Gasteiger partial charge in [0.1, 0.15) is 0 Å². The lowest BCUT2D eigenvalue weighted by Crippen LogP contribution is -2.39. The molecule has 2 N–H and O–H groups in total. The number of carbonyl (C=O) groups excluding carboxylic acids is 1. The van der Waals surface area contributed by atoms with Gasteiger partial charge in [-0.25, -0.2) is 0 Å². The highest BCUT2D eigenvalue weighted by molar-refractivity contribution is 5.85. The van der Waals surface area contributed by atoms with Crippen molar-refractivity contribution >= 4 is 18.3 Å². The molecule has 0 saturated carbocycles. The molecule has 0 aliphatic carbocycles. The monoisotopic (exact) mass is 350 g/mol. The summed E-state index contributed by atoms with van der Waals surface area (Å²) in [5.74, 6) is -1.99. The Morgan fingerprint density at radius 1 is 1.30 bits per heavy atom. The molecule has 1 heterocycles. The van der Waals surface area contributed by atoms with Gasteiger partial charge >= 0.3 is 6.18 Å². The molecule has 3 nitrogen and oxygen atoms in total. The van der Waals surface area contributed by atoms with Crippen molar-refractivity contribution in [3.05, 3.63) is 35.9 Å². The number of hydrogen-bond donors (Lipinski definition) is 2. The van der Waals surface area contributed by atoms with Crippen molar-refractivity contribution in [3.63, 3.8) is 0 Å². The van der Waals surface area contributed by atoms with Gasteiger partial charge in [0.25, 0.3) is 0 Å². The van der Waals surface area contributed by atoms with E-state index in [4.69, 9.17) is 0 Å². The molecule has 2 unspecified atom stereocenters. The third-order valence-electron chi connectivity index (χ3n) is 3.97. The summed E-state index contributed by atoms with van der Waals surface area (Å²) < 4.78 is 39.5. The second-order valence-electron chi connectivity index (χ2n) is 5.73. The van der Waals surface area contributed by atoms with Gasteiger partial charge in [-0.1, -0.05) is 30.3 Å². The van der Waals surface area contributed by atoms with Crippen LogP contribution in [0.5, 0.6) is 0 Å². The topological polar surface area (TPSA) is 41.1 Å². The minimum Gasteiger partial charge on any atom is -0.356 e. The molecule has 1 fully saturated rings. The van der Waals surface area contributed by atoms with Crippen LogP contribution in [0.4, 0.5) is 13.2 Å². The third-order valence-corrected chi connectivity index (χ3v) is 3.97. The van der Waals surface area contributed by atoms with Crippen LogP contribution >= 0.6 is 12.4 Å².